The van der Waals surface area contributed by atoms with E-state index in [0.29, 0.717) is 87.4 Å². The van der Waals surface area contributed by atoms with Crippen LogP contribution in [-0.4, -0.2) is 152 Å². The van der Waals surface area contributed by atoms with E-state index in [9.17, 15) is 19.2 Å². The fraction of sp³-hybridized carbons (Fsp3) is 0.621. The molecule has 9 heterocycles. The molecule has 4 aromatic heterocycles. The van der Waals surface area contributed by atoms with Crippen molar-refractivity contribution in [3.05, 3.63) is 58.4 Å². The molecular weight excluding hydrogens is 1090 g/mol. The Kier molecular flexibility index (Phi) is 15.4. The zero-order valence-corrected chi connectivity index (χ0v) is 49.1. The van der Waals surface area contributed by atoms with Crippen LogP contribution in [-0.2, 0) is 30.4 Å². The van der Waals surface area contributed by atoms with Gasteiger partial charge in [0.1, 0.15) is 40.1 Å². The number of thiazole rings is 1. The quantitative estimate of drug-likeness (QED) is 0.100. The molecule has 6 aliphatic rings. The minimum absolute atomic E-state index is 0.0151. The van der Waals surface area contributed by atoms with Gasteiger partial charge in [0, 0.05) is 70.2 Å². The van der Waals surface area contributed by atoms with Gasteiger partial charge in [-0.3, -0.25) is 19.3 Å². The second-order valence-electron chi connectivity index (χ2n) is 25.3. The van der Waals surface area contributed by atoms with Gasteiger partial charge in [0.2, 0.25) is 17.7 Å². The van der Waals surface area contributed by atoms with E-state index in [1.165, 1.54) is 11.3 Å². The van der Waals surface area contributed by atoms with Crippen LogP contribution in [0.3, 0.4) is 0 Å². The molecule has 5 aliphatic heterocycles. The second-order valence-corrected chi connectivity index (χ2v) is 27.5. The summed E-state index contributed by atoms with van der Waals surface area (Å²) >= 11 is 9.56. The summed E-state index contributed by atoms with van der Waals surface area (Å²) in [6.07, 6.45) is 6.94. The van der Waals surface area contributed by atoms with Crippen LogP contribution in [0.1, 0.15) is 117 Å². The Labute approximate surface area is 478 Å². The fourth-order valence-corrected chi connectivity index (χ4v) is 14.9. The number of thiophene rings is 1. The van der Waals surface area contributed by atoms with E-state index in [-0.39, 0.29) is 73.8 Å². The smallest absolute Gasteiger partial charge is 0.410 e. The topological polar surface area (TPSA) is 185 Å². The number of fused-ring (bicyclic) bond motifs is 5. The van der Waals surface area contributed by atoms with Gasteiger partial charge >= 0.3 is 12.1 Å². The molecule has 2 unspecified atom stereocenters. The summed E-state index contributed by atoms with van der Waals surface area (Å²) in [5.74, 6) is -3.07. The average molecular weight is 1160 g/mol. The molecule has 5 aromatic rings. The van der Waals surface area contributed by atoms with Crippen molar-refractivity contribution in [1.29, 1.82) is 0 Å². The first-order valence-electron chi connectivity index (χ1n) is 28.2. The Morgan fingerprint density at radius 2 is 1.66 bits per heavy atom. The number of ether oxygens (including phenoxy) is 3. The van der Waals surface area contributed by atoms with Crippen LogP contribution in [0.2, 0.25) is 5.15 Å². The number of nitrogens with one attached hydrogen (secondary N) is 2. The Morgan fingerprint density at radius 1 is 0.938 bits per heavy atom. The number of pyridine rings is 1. The van der Waals surface area contributed by atoms with Gasteiger partial charge < -0.3 is 39.5 Å². The maximum absolute atomic E-state index is 15.6. The van der Waals surface area contributed by atoms with Gasteiger partial charge in [0.05, 0.1) is 55.9 Å². The SMILES string of the molecule is Cc1ncsc1-c1ccc(CNC(=O)[C@@H]2CCCN2C(=O)[C@@H](NC(=O)C[C@@H]2CCC3(CCN(C[C@@]4(COc5nc(N6CC7CCC(C6)N7C(=O)OC(C)(C)C)c6c(n5)sc5c(Cl)nccc56)CC4(F)F)CC3)OC2)C(C)(C)C)cc1. The Bertz CT molecular complexity index is 3130. The third-order valence-corrected chi connectivity index (χ3v) is 19.8. The highest BCUT2D eigenvalue weighted by Gasteiger charge is 2.72. The molecule has 6 fully saturated rings. The van der Waals surface area contributed by atoms with Gasteiger partial charge in [-0.2, -0.15) is 9.97 Å². The number of carbonyl (C=O) groups is 4. The molecular formula is C58H73ClF2N10O7S2. The summed E-state index contributed by atoms with van der Waals surface area (Å²) in [7, 11) is 0. The largest absolute Gasteiger partial charge is 0.462 e. The van der Waals surface area contributed by atoms with Crippen molar-refractivity contribution in [3.8, 4) is 16.5 Å². The van der Waals surface area contributed by atoms with E-state index in [1.54, 1.807) is 22.4 Å². The normalized spacial score (nSPS) is 25.1. The Morgan fingerprint density at radius 3 is 2.30 bits per heavy atom. The van der Waals surface area contributed by atoms with Crippen LogP contribution in [0.25, 0.3) is 30.7 Å². The number of rotatable bonds is 14. The molecule has 17 nitrogen and oxygen atoms in total. The third kappa shape index (κ3) is 11.6. The highest BCUT2D eigenvalue weighted by Crippen LogP contribution is 2.61. The molecule has 2 N–H and O–H groups in total. The molecule has 1 spiro atoms. The summed E-state index contributed by atoms with van der Waals surface area (Å²) in [5.41, 5.74) is 1.77. The van der Waals surface area contributed by atoms with Gasteiger partial charge in [0.15, 0.2) is 0 Å². The van der Waals surface area contributed by atoms with Crippen molar-refractivity contribution in [2.24, 2.45) is 16.7 Å². The molecule has 6 atom stereocenters. The number of nitrogens with zero attached hydrogens (tertiary/aromatic N) is 8. The van der Waals surface area contributed by atoms with Crippen molar-refractivity contribution in [2.45, 2.75) is 161 Å². The molecule has 22 heteroatoms. The van der Waals surface area contributed by atoms with E-state index >= 15 is 8.78 Å². The lowest BCUT2D eigenvalue weighted by atomic mass is 9.80. The van der Waals surface area contributed by atoms with Gasteiger partial charge in [-0.15, -0.1) is 22.7 Å². The number of piperazine rings is 1. The standard InChI is InChI=1S/C58H73ClF2N10O7S2/c1-34-44(79-33-64-34)37-12-10-35(11-13-37)26-63-49(73)41-9-8-22-70(41)51(74)46(54(2,3)4)65-42(72)25-36-16-18-57(77-29-36)19-23-68(24-20-57)31-56(30-58(56,60)61)32-76-52-66-48(43-40-17-21-62-47(59)45(40)80-50(43)67-52)69-27-38-14-15-39(28-69)71(38)53(75)78-55(5,6)7/h10-13,17,21,33,36,38-39,41,46H,8-9,14-16,18-20,22-32H2,1-7H3,(H,63,73)(H,65,72)/t36-,38?,39?,41-,46+,56+/m0/s1. The average Bonchev–Trinajstić information content (AvgIpc) is 4.10. The molecule has 1 aliphatic carbocycles. The van der Waals surface area contributed by atoms with E-state index in [4.69, 9.17) is 35.8 Å². The number of anilines is 1. The van der Waals surface area contributed by atoms with Gasteiger partial charge in [-0.1, -0.05) is 56.6 Å². The highest BCUT2D eigenvalue weighted by molar-refractivity contribution is 7.26. The lowest BCUT2D eigenvalue weighted by Crippen LogP contribution is -2.58. The second kappa shape index (κ2) is 21.8. The number of hydrogen-bond donors (Lipinski definition) is 2. The van der Waals surface area contributed by atoms with Crippen molar-refractivity contribution in [2.75, 3.05) is 57.4 Å². The van der Waals surface area contributed by atoms with E-state index in [1.807, 2.05) is 89.2 Å². The molecule has 2 bridgehead atoms. The molecule has 0 radical (unpaired) electrons. The van der Waals surface area contributed by atoms with Crippen LogP contribution in [0, 0.1) is 23.7 Å². The number of likely N-dealkylation sites (tertiary alicyclic amines) is 2. The molecule has 11 rings (SSSR count). The fourth-order valence-electron chi connectivity index (χ4n) is 12.8. The number of hydrogen-bond acceptors (Lipinski definition) is 15. The number of amides is 4. The summed E-state index contributed by atoms with van der Waals surface area (Å²) in [5, 5.41) is 8.08. The number of carbonyl (C=O) groups excluding carboxylic acids is 4. The molecule has 80 heavy (non-hydrogen) atoms. The van der Waals surface area contributed by atoms with Crippen molar-refractivity contribution >= 4 is 84.2 Å². The highest BCUT2D eigenvalue weighted by atomic mass is 35.5. The third-order valence-electron chi connectivity index (χ3n) is 17.3. The van der Waals surface area contributed by atoms with E-state index in [2.05, 4.69) is 30.4 Å². The maximum Gasteiger partial charge on any atom is 0.410 e. The first-order chi connectivity index (χ1) is 38.0. The minimum atomic E-state index is -2.93. The van der Waals surface area contributed by atoms with Crippen molar-refractivity contribution in [3.63, 3.8) is 0 Å². The lowest BCUT2D eigenvalue weighted by molar-refractivity contribution is -0.146. The van der Waals surface area contributed by atoms with Gasteiger partial charge in [-0.05, 0) is 108 Å². The van der Waals surface area contributed by atoms with Gasteiger partial charge in [0.25, 0.3) is 5.92 Å². The number of alkyl halides is 2. The van der Waals surface area contributed by atoms with Crippen LogP contribution in [0.4, 0.5) is 19.4 Å². The summed E-state index contributed by atoms with van der Waals surface area (Å²) in [4.78, 5) is 82.9. The van der Waals surface area contributed by atoms with Crippen LogP contribution in [0.15, 0.2) is 42.0 Å². The molecule has 4 amide bonds. The Hall–Kier alpha value is -5.35. The van der Waals surface area contributed by atoms with Crippen LogP contribution < -0.4 is 20.3 Å². The van der Waals surface area contributed by atoms with E-state index in [0.717, 1.165) is 62.9 Å². The summed E-state index contributed by atoms with van der Waals surface area (Å²) in [6.45, 7) is 16.5. The Balaban J connectivity index is 0.672. The van der Waals surface area contributed by atoms with E-state index < -0.39 is 40.0 Å². The van der Waals surface area contributed by atoms with Crippen LogP contribution in [0.5, 0.6) is 6.01 Å². The number of piperidine rings is 1. The van der Waals surface area contributed by atoms with Crippen LogP contribution >= 0.6 is 34.3 Å². The summed E-state index contributed by atoms with van der Waals surface area (Å²) in [6, 6.07) is 8.29. The molecule has 430 valence electrons. The lowest BCUT2D eigenvalue weighted by Gasteiger charge is -2.46. The molecule has 1 saturated carbocycles. The minimum Gasteiger partial charge on any atom is -0.462 e. The van der Waals surface area contributed by atoms with Gasteiger partial charge in [-0.25, -0.2) is 23.5 Å². The zero-order chi connectivity index (χ0) is 56.5. The van der Waals surface area contributed by atoms with Crippen molar-refractivity contribution in [1.82, 2.24) is 45.3 Å². The monoisotopic (exact) mass is 1160 g/mol. The predicted molar refractivity (Wildman–Crippen MR) is 304 cm³/mol. The number of aromatic nitrogens is 4. The number of halogens is 3. The predicted octanol–water partition coefficient (Wildman–Crippen LogP) is 9.81. The molecule has 1 aromatic carbocycles. The summed E-state index contributed by atoms with van der Waals surface area (Å²) < 4.78 is 50.7. The number of aryl methyl sites for hydroxylation is 1. The molecule has 5 saturated heterocycles. The maximum atomic E-state index is 15.6. The first-order valence-corrected chi connectivity index (χ1v) is 30.3. The number of benzene rings is 1. The zero-order valence-electron chi connectivity index (χ0n) is 46.7. The van der Waals surface area contributed by atoms with Crippen molar-refractivity contribution < 1.29 is 42.2 Å². The first kappa shape index (κ1) is 56.5.